The molecular weight excluding hydrogens is 270 g/mol. The molecule has 0 aromatic heterocycles. The molecule has 1 fully saturated rings. The SMILES string of the molecule is CN1CCN(CCNC(=O)OCc2ccccc2)CC1=O. The van der Waals surface area contributed by atoms with Crippen LogP contribution in [0.1, 0.15) is 5.56 Å². The van der Waals surface area contributed by atoms with Crippen molar-refractivity contribution in [1.82, 2.24) is 15.1 Å². The fraction of sp³-hybridized carbons (Fsp3) is 0.467. The van der Waals surface area contributed by atoms with Gasteiger partial charge in [-0.1, -0.05) is 30.3 Å². The van der Waals surface area contributed by atoms with E-state index in [1.165, 1.54) is 0 Å². The van der Waals surface area contributed by atoms with Gasteiger partial charge in [0.25, 0.3) is 0 Å². The maximum absolute atomic E-state index is 11.5. The fourth-order valence-electron chi connectivity index (χ4n) is 2.09. The largest absolute Gasteiger partial charge is 0.445 e. The summed E-state index contributed by atoms with van der Waals surface area (Å²) in [6.07, 6.45) is -0.431. The van der Waals surface area contributed by atoms with Crippen molar-refractivity contribution in [2.45, 2.75) is 6.61 Å². The average molecular weight is 291 g/mol. The Morgan fingerprint density at radius 1 is 1.29 bits per heavy atom. The van der Waals surface area contributed by atoms with E-state index in [0.717, 1.165) is 18.7 Å². The molecule has 6 heteroatoms. The van der Waals surface area contributed by atoms with Crippen molar-refractivity contribution in [2.75, 3.05) is 39.8 Å². The van der Waals surface area contributed by atoms with E-state index in [2.05, 4.69) is 5.32 Å². The van der Waals surface area contributed by atoms with Crippen LogP contribution >= 0.6 is 0 Å². The molecule has 1 heterocycles. The van der Waals surface area contributed by atoms with Gasteiger partial charge in [0.2, 0.25) is 5.91 Å². The van der Waals surface area contributed by atoms with Crippen molar-refractivity contribution >= 4 is 12.0 Å². The number of likely N-dealkylation sites (N-methyl/N-ethyl adjacent to an activating group) is 1. The summed E-state index contributed by atoms with van der Waals surface area (Å²) in [5.41, 5.74) is 0.956. The Kier molecular flexibility index (Phi) is 5.57. The summed E-state index contributed by atoms with van der Waals surface area (Å²) in [5, 5.41) is 2.70. The second kappa shape index (κ2) is 7.64. The first-order valence-corrected chi connectivity index (χ1v) is 7.06. The van der Waals surface area contributed by atoms with Crippen molar-refractivity contribution < 1.29 is 14.3 Å². The Bertz CT molecular complexity index is 478. The van der Waals surface area contributed by atoms with Crippen LogP contribution in [-0.2, 0) is 16.1 Å². The Morgan fingerprint density at radius 3 is 2.76 bits per heavy atom. The fourth-order valence-corrected chi connectivity index (χ4v) is 2.09. The lowest BCUT2D eigenvalue weighted by atomic mass is 10.2. The molecule has 1 aromatic rings. The molecule has 2 amide bonds. The molecule has 0 unspecified atom stereocenters. The van der Waals surface area contributed by atoms with Gasteiger partial charge in [0, 0.05) is 33.2 Å². The summed E-state index contributed by atoms with van der Waals surface area (Å²) in [4.78, 5) is 26.8. The maximum Gasteiger partial charge on any atom is 0.407 e. The lowest BCUT2D eigenvalue weighted by Gasteiger charge is -2.31. The first-order chi connectivity index (χ1) is 10.1. The van der Waals surface area contributed by atoms with Crippen molar-refractivity contribution in [2.24, 2.45) is 0 Å². The van der Waals surface area contributed by atoms with Gasteiger partial charge in [-0.05, 0) is 5.56 Å². The second-order valence-electron chi connectivity index (χ2n) is 5.08. The Balaban J connectivity index is 1.60. The lowest BCUT2D eigenvalue weighted by molar-refractivity contribution is -0.134. The van der Waals surface area contributed by atoms with Crippen LogP contribution in [0.3, 0.4) is 0 Å². The summed E-state index contributed by atoms with van der Waals surface area (Å²) in [7, 11) is 1.80. The molecule has 1 N–H and O–H groups in total. The van der Waals surface area contributed by atoms with Crippen LogP contribution in [0.2, 0.25) is 0 Å². The van der Waals surface area contributed by atoms with Gasteiger partial charge in [-0.3, -0.25) is 9.69 Å². The number of piperazine rings is 1. The minimum Gasteiger partial charge on any atom is -0.445 e. The third-order valence-corrected chi connectivity index (χ3v) is 3.45. The highest BCUT2D eigenvalue weighted by atomic mass is 16.5. The van der Waals surface area contributed by atoms with Gasteiger partial charge < -0.3 is 15.0 Å². The molecule has 1 aromatic carbocycles. The van der Waals surface area contributed by atoms with Crippen molar-refractivity contribution in [3.8, 4) is 0 Å². The topological polar surface area (TPSA) is 61.9 Å². The zero-order valence-electron chi connectivity index (χ0n) is 12.2. The number of benzene rings is 1. The number of alkyl carbamates (subject to hydrolysis) is 1. The quantitative estimate of drug-likeness (QED) is 0.867. The summed E-state index contributed by atoms with van der Waals surface area (Å²) in [6.45, 7) is 3.38. The van der Waals surface area contributed by atoms with Crippen LogP contribution in [0.4, 0.5) is 4.79 Å². The third-order valence-electron chi connectivity index (χ3n) is 3.45. The normalized spacial score (nSPS) is 15.9. The molecule has 21 heavy (non-hydrogen) atoms. The molecule has 114 valence electrons. The standard InChI is InChI=1S/C15H21N3O3/c1-17-9-10-18(11-14(17)19)8-7-16-15(20)21-12-13-5-3-2-4-6-13/h2-6H,7-12H2,1H3,(H,16,20). The van der Waals surface area contributed by atoms with Gasteiger partial charge in [0.05, 0.1) is 6.54 Å². The van der Waals surface area contributed by atoms with E-state index in [1.54, 1.807) is 11.9 Å². The van der Waals surface area contributed by atoms with Crippen LogP contribution in [0.25, 0.3) is 0 Å². The molecule has 6 nitrogen and oxygen atoms in total. The minimum absolute atomic E-state index is 0.118. The number of nitrogens with zero attached hydrogens (tertiary/aromatic N) is 2. The van der Waals surface area contributed by atoms with E-state index < -0.39 is 6.09 Å². The van der Waals surface area contributed by atoms with Crippen LogP contribution in [-0.4, -0.2) is 61.6 Å². The van der Waals surface area contributed by atoms with E-state index >= 15 is 0 Å². The molecular formula is C15H21N3O3. The zero-order chi connectivity index (χ0) is 15.1. The highest BCUT2D eigenvalue weighted by molar-refractivity contribution is 5.78. The average Bonchev–Trinajstić information content (AvgIpc) is 2.50. The van der Waals surface area contributed by atoms with Gasteiger partial charge >= 0.3 is 6.09 Å². The van der Waals surface area contributed by atoms with E-state index in [1.807, 2.05) is 35.2 Å². The number of carbonyl (C=O) groups excluding carboxylic acids is 2. The lowest BCUT2D eigenvalue weighted by Crippen LogP contribution is -2.50. The first-order valence-electron chi connectivity index (χ1n) is 7.06. The molecule has 1 aliphatic rings. The molecule has 0 atom stereocenters. The van der Waals surface area contributed by atoms with Crippen molar-refractivity contribution in [3.63, 3.8) is 0 Å². The van der Waals surface area contributed by atoms with Crippen molar-refractivity contribution in [1.29, 1.82) is 0 Å². The predicted molar refractivity (Wildman–Crippen MR) is 78.7 cm³/mol. The number of carbonyl (C=O) groups is 2. The van der Waals surface area contributed by atoms with Crippen LogP contribution in [0, 0.1) is 0 Å². The van der Waals surface area contributed by atoms with Crippen molar-refractivity contribution in [3.05, 3.63) is 35.9 Å². The van der Waals surface area contributed by atoms with Gasteiger partial charge in [0.1, 0.15) is 6.61 Å². The minimum atomic E-state index is -0.431. The summed E-state index contributed by atoms with van der Waals surface area (Å²) >= 11 is 0. The molecule has 0 radical (unpaired) electrons. The van der Waals surface area contributed by atoms with E-state index in [4.69, 9.17) is 4.74 Å². The predicted octanol–water partition coefficient (Wildman–Crippen LogP) is 0.687. The molecule has 1 saturated heterocycles. The number of rotatable bonds is 5. The number of hydrogen-bond acceptors (Lipinski definition) is 4. The van der Waals surface area contributed by atoms with E-state index in [-0.39, 0.29) is 12.5 Å². The summed E-state index contributed by atoms with van der Waals surface area (Å²) in [6, 6.07) is 9.54. The third kappa shape index (κ3) is 5.07. The Labute approximate surface area is 124 Å². The Hall–Kier alpha value is -2.08. The number of hydrogen-bond donors (Lipinski definition) is 1. The van der Waals surface area contributed by atoms with Gasteiger partial charge in [0.15, 0.2) is 0 Å². The highest BCUT2D eigenvalue weighted by Gasteiger charge is 2.20. The van der Waals surface area contributed by atoms with Gasteiger partial charge in [-0.25, -0.2) is 4.79 Å². The molecule has 0 bridgehead atoms. The number of ether oxygens (including phenoxy) is 1. The zero-order valence-corrected chi connectivity index (χ0v) is 12.2. The second-order valence-corrected chi connectivity index (χ2v) is 5.08. The number of nitrogens with one attached hydrogen (secondary N) is 1. The highest BCUT2D eigenvalue weighted by Crippen LogP contribution is 2.01. The molecule has 1 aliphatic heterocycles. The van der Waals surface area contributed by atoms with Crippen LogP contribution < -0.4 is 5.32 Å². The molecule has 0 aliphatic carbocycles. The van der Waals surface area contributed by atoms with Gasteiger partial charge in [-0.2, -0.15) is 0 Å². The van der Waals surface area contributed by atoms with Crippen LogP contribution in [0.5, 0.6) is 0 Å². The molecule has 0 spiro atoms. The monoisotopic (exact) mass is 291 g/mol. The first kappa shape index (κ1) is 15.3. The Morgan fingerprint density at radius 2 is 2.05 bits per heavy atom. The maximum atomic E-state index is 11.5. The molecule has 2 rings (SSSR count). The summed E-state index contributed by atoms with van der Waals surface area (Å²) in [5.74, 6) is 0.118. The molecule has 0 saturated carbocycles. The smallest absolute Gasteiger partial charge is 0.407 e. The number of amides is 2. The van der Waals surface area contributed by atoms with Crippen LogP contribution in [0.15, 0.2) is 30.3 Å². The van der Waals surface area contributed by atoms with Gasteiger partial charge in [-0.15, -0.1) is 0 Å². The van der Waals surface area contributed by atoms with E-state index in [9.17, 15) is 9.59 Å². The summed E-state index contributed by atoms with van der Waals surface area (Å²) < 4.78 is 5.11. The van der Waals surface area contributed by atoms with E-state index in [0.29, 0.717) is 19.6 Å².